The molecule has 2 unspecified atom stereocenters. The summed E-state index contributed by atoms with van der Waals surface area (Å²) in [6.45, 7) is 4.40. The summed E-state index contributed by atoms with van der Waals surface area (Å²) in [7, 11) is 0. The van der Waals surface area contributed by atoms with E-state index in [1.54, 1.807) is 0 Å². The maximum absolute atomic E-state index is 12.7. The molecular weight excluding hydrogens is 378 g/mol. The van der Waals surface area contributed by atoms with E-state index >= 15 is 0 Å². The van der Waals surface area contributed by atoms with Crippen LogP contribution in [0.15, 0.2) is 48.5 Å². The minimum atomic E-state index is -1.24. The smallest absolute Gasteiger partial charge is 0.408 e. The van der Waals surface area contributed by atoms with Crippen LogP contribution in [0.5, 0.6) is 0 Å². The van der Waals surface area contributed by atoms with Gasteiger partial charge in [0.05, 0.1) is 0 Å². The Labute approximate surface area is 177 Å². The van der Waals surface area contributed by atoms with Crippen molar-refractivity contribution < 1.29 is 19.4 Å². The van der Waals surface area contributed by atoms with Gasteiger partial charge in [0.1, 0.15) is 12.1 Å². The summed E-state index contributed by atoms with van der Waals surface area (Å²) in [6.07, 6.45) is 2.03. The molecule has 5 heteroatoms. The molecule has 0 spiro atoms. The minimum Gasteiger partial charge on any atom is -0.480 e. The molecule has 0 aromatic heterocycles. The molecule has 1 amide bonds. The molecule has 30 heavy (non-hydrogen) atoms. The number of amides is 1. The van der Waals surface area contributed by atoms with Crippen molar-refractivity contribution in [1.29, 1.82) is 0 Å². The van der Waals surface area contributed by atoms with Crippen LogP contribution in [0.2, 0.25) is 0 Å². The zero-order chi connectivity index (χ0) is 21.3. The highest BCUT2D eigenvalue weighted by molar-refractivity contribution is 5.84. The molecular formula is C25H29NO4. The van der Waals surface area contributed by atoms with Crippen molar-refractivity contribution in [3.05, 3.63) is 59.7 Å². The number of carboxylic acid groups (broad SMARTS) is 1. The first-order valence-electron chi connectivity index (χ1n) is 10.8. The molecule has 2 aliphatic rings. The van der Waals surface area contributed by atoms with Crippen molar-refractivity contribution in [2.24, 2.45) is 11.8 Å². The summed E-state index contributed by atoms with van der Waals surface area (Å²) in [5.74, 6) is -0.350. The highest BCUT2D eigenvalue weighted by Crippen LogP contribution is 2.44. The first-order valence-corrected chi connectivity index (χ1v) is 10.8. The van der Waals surface area contributed by atoms with Gasteiger partial charge in [-0.15, -0.1) is 0 Å². The maximum atomic E-state index is 12.7. The molecule has 158 valence electrons. The average Bonchev–Trinajstić information content (AvgIpc) is 3.06. The summed E-state index contributed by atoms with van der Waals surface area (Å²) < 4.78 is 5.60. The molecule has 1 fully saturated rings. The van der Waals surface area contributed by atoms with Gasteiger partial charge in [0.25, 0.3) is 0 Å². The van der Waals surface area contributed by atoms with Crippen molar-refractivity contribution in [2.45, 2.75) is 51.0 Å². The molecule has 2 N–H and O–H groups in total. The van der Waals surface area contributed by atoms with E-state index < -0.39 is 17.6 Å². The van der Waals surface area contributed by atoms with Crippen LogP contribution < -0.4 is 5.32 Å². The van der Waals surface area contributed by atoms with Crippen LogP contribution in [0, 0.1) is 11.8 Å². The molecule has 0 saturated heterocycles. The van der Waals surface area contributed by atoms with Crippen molar-refractivity contribution in [3.63, 3.8) is 0 Å². The lowest BCUT2D eigenvalue weighted by atomic mass is 9.72. The monoisotopic (exact) mass is 407 g/mol. The summed E-state index contributed by atoms with van der Waals surface area (Å²) in [5, 5.41) is 12.6. The van der Waals surface area contributed by atoms with Gasteiger partial charge in [-0.3, -0.25) is 0 Å². The van der Waals surface area contributed by atoms with Gasteiger partial charge in [-0.2, -0.15) is 0 Å². The predicted octanol–water partition coefficient (Wildman–Crippen LogP) is 5.19. The Morgan fingerprint density at radius 2 is 1.70 bits per heavy atom. The fraction of sp³-hybridized carbons (Fsp3) is 0.440. The second-order valence-corrected chi connectivity index (χ2v) is 8.94. The summed E-state index contributed by atoms with van der Waals surface area (Å²) in [6, 6.07) is 16.3. The number of aliphatic carboxylic acids is 1. The Kier molecular flexibility index (Phi) is 5.54. The van der Waals surface area contributed by atoms with E-state index in [4.69, 9.17) is 4.74 Å². The average molecular weight is 408 g/mol. The number of rotatable bonds is 5. The highest BCUT2D eigenvalue weighted by atomic mass is 16.5. The lowest BCUT2D eigenvalue weighted by Gasteiger charge is -2.39. The SMILES string of the molecule is CC(C)C1CCCC(NC(=O)OCC2c3ccccc3-c3ccccc32)(C(=O)O)C1. The zero-order valence-electron chi connectivity index (χ0n) is 17.6. The second-order valence-electron chi connectivity index (χ2n) is 8.94. The van der Waals surface area contributed by atoms with Crippen molar-refractivity contribution >= 4 is 12.1 Å². The van der Waals surface area contributed by atoms with E-state index in [-0.39, 0.29) is 18.4 Å². The Balaban J connectivity index is 1.48. The third-order valence-electron chi connectivity index (χ3n) is 6.83. The van der Waals surface area contributed by atoms with Crippen LogP contribution in [0.4, 0.5) is 4.79 Å². The number of hydrogen-bond donors (Lipinski definition) is 2. The van der Waals surface area contributed by atoms with Crippen LogP contribution in [-0.4, -0.2) is 29.3 Å². The third kappa shape index (κ3) is 3.69. The van der Waals surface area contributed by atoms with E-state index in [1.165, 1.54) is 0 Å². The summed E-state index contributed by atoms with van der Waals surface area (Å²) in [4.78, 5) is 24.8. The second kappa shape index (κ2) is 8.13. The molecule has 0 heterocycles. The van der Waals surface area contributed by atoms with Crippen molar-refractivity contribution in [1.82, 2.24) is 5.32 Å². The number of carbonyl (C=O) groups excluding carboxylic acids is 1. The normalized spacial score (nSPS) is 23.0. The van der Waals surface area contributed by atoms with E-state index in [2.05, 4.69) is 43.4 Å². The van der Waals surface area contributed by atoms with Crippen molar-refractivity contribution in [2.75, 3.05) is 6.61 Å². The Bertz CT molecular complexity index is 908. The number of fused-ring (bicyclic) bond motifs is 3. The van der Waals surface area contributed by atoms with Gasteiger partial charge in [-0.05, 0) is 53.4 Å². The molecule has 4 rings (SSSR count). The first kappa shape index (κ1) is 20.5. The van der Waals surface area contributed by atoms with Gasteiger partial charge in [0, 0.05) is 5.92 Å². The van der Waals surface area contributed by atoms with E-state index in [0.717, 1.165) is 35.1 Å². The molecule has 2 aromatic rings. The lowest BCUT2D eigenvalue weighted by Crippen LogP contribution is -2.57. The third-order valence-corrected chi connectivity index (χ3v) is 6.83. The van der Waals surface area contributed by atoms with Gasteiger partial charge in [0.2, 0.25) is 0 Å². The largest absolute Gasteiger partial charge is 0.480 e. The number of hydrogen-bond acceptors (Lipinski definition) is 3. The first-order chi connectivity index (χ1) is 14.4. The van der Waals surface area contributed by atoms with Crippen LogP contribution >= 0.6 is 0 Å². The molecule has 1 saturated carbocycles. The Morgan fingerprint density at radius 3 is 2.27 bits per heavy atom. The number of ether oxygens (including phenoxy) is 1. The topological polar surface area (TPSA) is 75.6 Å². The molecule has 5 nitrogen and oxygen atoms in total. The number of alkyl carbamates (subject to hydrolysis) is 1. The molecule has 2 aromatic carbocycles. The maximum Gasteiger partial charge on any atom is 0.408 e. The Hall–Kier alpha value is -2.82. The summed E-state index contributed by atoms with van der Waals surface area (Å²) in [5.41, 5.74) is 3.36. The number of carboxylic acids is 1. The predicted molar refractivity (Wildman–Crippen MR) is 115 cm³/mol. The Morgan fingerprint density at radius 1 is 1.10 bits per heavy atom. The fourth-order valence-electron chi connectivity index (χ4n) is 5.08. The lowest BCUT2D eigenvalue weighted by molar-refractivity contribution is -0.147. The molecule has 0 aliphatic heterocycles. The molecule has 0 radical (unpaired) electrons. The fourth-order valence-corrected chi connectivity index (χ4v) is 5.08. The van der Waals surface area contributed by atoms with Gasteiger partial charge >= 0.3 is 12.1 Å². The molecule has 0 bridgehead atoms. The number of nitrogens with one attached hydrogen (secondary N) is 1. The highest BCUT2D eigenvalue weighted by Gasteiger charge is 2.45. The van der Waals surface area contributed by atoms with Gasteiger partial charge in [0.15, 0.2) is 0 Å². The minimum absolute atomic E-state index is 0.0429. The van der Waals surface area contributed by atoms with E-state index in [0.29, 0.717) is 18.8 Å². The molecule has 2 atom stereocenters. The van der Waals surface area contributed by atoms with Crippen molar-refractivity contribution in [3.8, 4) is 11.1 Å². The van der Waals surface area contributed by atoms with Crippen LogP contribution in [0.25, 0.3) is 11.1 Å². The van der Waals surface area contributed by atoms with E-state index in [1.807, 2.05) is 24.3 Å². The van der Waals surface area contributed by atoms with Gasteiger partial charge < -0.3 is 15.2 Å². The molecule has 2 aliphatic carbocycles. The number of carbonyl (C=O) groups is 2. The van der Waals surface area contributed by atoms with Crippen LogP contribution in [0.1, 0.15) is 56.6 Å². The van der Waals surface area contributed by atoms with Gasteiger partial charge in [-0.1, -0.05) is 68.8 Å². The van der Waals surface area contributed by atoms with Crippen LogP contribution in [0.3, 0.4) is 0 Å². The quantitative estimate of drug-likeness (QED) is 0.715. The summed E-state index contributed by atoms with van der Waals surface area (Å²) >= 11 is 0. The van der Waals surface area contributed by atoms with E-state index in [9.17, 15) is 14.7 Å². The number of benzene rings is 2. The van der Waals surface area contributed by atoms with Crippen LogP contribution in [-0.2, 0) is 9.53 Å². The zero-order valence-corrected chi connectivity index (χ0v) is 17.6. The van der Waals surface area contributed by atoms with Gasteiger partial charge in [-0.25, -0.2) is 9.59 Å². The standard InChI is InChI=1S/C25H29NO4/c1-16(2)17-8-7-13-25(14-17,23(27)28)26-24(29)30-15-22-20-11-5-3-9-18(20)19-10-4-6-12-21(19)22/h3-6,9-12,16-17,22H,7-8,13-15H2,1-2H3,(H,26,29)(H,27,28).